The van der Waals surface area contributed by atoms with Gasteiger partial charge in [-0.3, -0.25) is 0 Å². The fraction of sp³-hybridized carbons (Fsp3) is 0.200. The second-order valence-electron chi connectivity index (χ2n) is 4.48. The molecule has 2 aromatic rings. The number of aliphatic hydroxyl groups is 1. The van der Waals surface area contributed by atoms with Crippen molar-refractivity contribution < 1.29 is 13.9 Å². The SMILES string of the molecule is Cc1ccc(C(O)c2cccc(C)c2I)c(F)c1F. The Morgan fingerprint density at radius 2 is 1.63 bits per heavy atom. The molecule has 0 aliphatic rings. The van der Waals surface area contributed by atoms with Crippen LogP contribution in [0.4, 0.5) is 8.78 Å². The Hall–Kier alpha value is -1.01. The molecule has 0 aliphatic carbocycles. The van der Waals surface area contributed by atoms with Crippen LogP contribution in [0.3, 0.4) is 0 Å². The van der Waals surface area contributed by atoms with Crippen molar-refractivity contribution in [2.75, 3.05) is 0 Å². The van der Waals surface area contributed by atoms with Crippen LogP contribution >= 0.6 is 22.6 Å². The first-order valence-electron chi connectivity index (χ1n) is 5.81. The molecule has 0 saturated carbocycles. The number of aryl methyl sites for hydroxylation is 2. The molecular weight excluding hydrogens is 361 g/mol. The summed E-state index contributed by atoms with van der Waals surface area (Å²) in [6.45, 7) is 3.40. The summed E-state index contributed by atoms with van der Waals surface area (Å²) < 4.78 is 28.3. The third-order valence-electron chi connectivity index (χ3n) is 3.12. The molecule has 2 aromatic carbocycles. The number of hydrogen-bond acceptors (Lipinski definition) is 1. The van der Waals surface area contributed by atoms with Gasteiger partial charge in [0.15, 0.2) is 11.6 Å². The van der Waals surface area contributed by atoms with Gasteiger partial charge in [0.05, 0.1) is 0 Å². The third-order valence-corrected chi connectivity index (χ3v) is 4.59. The minimum Gasteiger partial charge on any atom is -0.384 e. The molecule has 0 amide bonds. The maximum Gasteiger partial charge on any atom is 0.165 e. The third kappa shape index (κ3) is 2.65. The number of halogens is 3. The molecule has 0 aliphatic heterocycles. The van der Waals surface area contributed by atoms with Crippen LogP contribution in [0.2, 0.25) is 0 Å². The summed E-state index contributed by atoms with van der Waals surface area (Å²) in [5.41, 5.74) is 1.77. The number of hydrogen-bond donors (Lipinski definition) is 1. The number of rotatable bonds is 2. The predicted molar refractivity (Wildman–Crippen MR) is 79.1 cm³/mol. The summed E-state index contributed by atoms with van der Waals surface area (Å²) in [5, 5.41) is 10.3. The molecule has 0 spiro atoms. The molecule has 1 unspecified atom stereocenters. The van der Waals surface area contributed by atoms with Crippen molar-refractivity contribution in [3.05, 3.63) is 67.8 Å². The van der Waals surface area contributed by atoms with Gasteiger partial charge in [-0.1, -0.05) is 30.3 Å². The van der Waals surface area contributed by atoms with Gasteiger partial charge < -0.3 is 5.11 Å². The number of aliphatic hydroxyl groups excluding tert-OH is 1. The normalized spacial score (nSPS) is 12.5. The molecule has 1 atom stereocenters. The molecule has 0 aromatic heterocycles. The lowest BCUT2D eigenvalue weighted by Gasteiger charge is -2.16. The van der Waals surface area contributed by atoms with E-state index in [-0.39, 0.29) is 11.1 Å². The van der Waals surface area contributed by atoms with Gasteiger partial charge in [0, 0.05) is 9.13 Å². The van der Waals surface area contributed by atoms with Gasteiger partial charge in [-0.05, 0) is 53.1 Å². The van der Waals surface area contributed by atoms with Crippen molar-refractivity contribution in [2.24, 2.45) is 0 Å². The molecule has 0 fully saturated rings. The van der Waals surface area contributed by atoms with E-state index in [1.165, 1.54) is 19.1 Å². The first-order valence-corrected chi connectivity index (χ1v) is 6.89. The quantitative estimate of drug-likeness (QED) is 0.779. The van der Waals surface area contributed by atoms with Gasteiger partial charge in [0.2, 0.25) is 0 Å². The smallest absolute Gasteiger partial charge is 0.165 e. The Balaban J connectivity index is 2.53. The van der Waals surface area contributed by atoms with Crippen molar-refractivity contribution in [1.29, 1.82) is 0 Å². The summed E-state index contributed by atoms with van der Waals surface area (Å²) in [5.74, 6) is -1.89. The zero-order valence-corrected chi connectivity index (χ0v) is 12.7. The highest BCUT2D eigenvalue weighted by Gasteiger charge is 2.21. The summed E-state index contributed by atoms with van der Waals surface area (Å²) >= 11 is 2.10. The van der Waals surface area contributed by atoms with E-state index in [4.69, 9.17) is 0 Å². The van der Waals surface area contributed by atoms with Gasteiger partial charge in [-0.15, -0.1) is 0 Å². The highest BCUT2D eigenvalue weighted by atomic mass is 127. The zero-order valence-electron chi connectivity index (χ0n) is 10.5. The summed E-state index contributed by atoms with van der Waals surface area (Å²) in [6.07, 6.45) is -1.16. The van der Waals surface area contributed by atoms with E-state index >= 15 is 0 Å². The van der Waals surface area contributed by atoms with Gasteiger partial charge in [0.1, 0.15) is 6.10 Å². The zero-order chi connectivity index (χ0) is 14.2. The highest BCUT2D eigenvalue weighted by molar-refractivity contribution is 14.1. The second kappa shape index (κ2) is 5.54. The van der Waals surface area contributed by atoms with Crippen LogP contribution in [-0.4, -0.2) is 5.11 Å². The predicted octanol–water partition coefficient (Wildman–Crippen LogP) is 4.27. The molecular formula is C15H13F2IO. The Morgan fingerprint density at radius 3 is 2.32 bits per heavy atom. The van der Waals surface area contributed by atoms with Crippen molar-refractivity contribution in [3.63, 3.8) is 0 Å². The lowest BCUT2D eigenvalue weighted by molar-refractivity contribution is 0.212. The van der Waals surface area contributed by atoms with E-state index in [9.17, 15) is 13.9 Å². The maximum absolute atomic E-state index is 13.9. The Bertz CT molecular complexity index is 626. The Morgan fingerprint density at radius 1 is 0.947 bits per heavy atom. The van der Waals surface area contributed by atoms with Crippen molar-refractivity contribution in [1.82, 2.24) is 0 Å². The van der Waals surface area contributed by atoms with Crippen LogP contribution in [0.1, 0.15) is 28.4 Å². The van der Waals surface area contributed by atoms with Gasteiger partial charge in [0.25, 0.3) is 0 Å². The largest absolute Gasteiger partial charge is 0.384 e. The summed E-state index contributed by atoms with van der Waals surface area (Å²) in [7, 11) is 0. The van der Waals surface area contributed by atoms with E-state index in [0.717, 1.165) is 9.13 Å². The molecule has 100 valence electrons. The lowest BCUT2D eigenvalue weighted by Crippen LogP contribution is -2.07. The van der Waals surface area contributed by atoms with E-state index in [1.807, 2.05) is 13.0 Å². The van der Waals surface area contributed by atoms with Crippen molar-refractivity contribution >= 4 is 22.6 Å². The van der Waals surface area contributed by atoms with E-state index in [2.05, 4.69) is 22.6 Å². The molecule has 0 saturated heterocycles. The average molecular weight is 374 g/mol. The average Bonchev–Trinajstić information content (AvgIpc) is 2.39. The molecule has 1 nitrogen and oxygen atoms in total. The fourth-order valence-corrected chi connectivity index (χ4v) is 2.58. The van der Waals surface area contributed by atoms with E-state index in [0.29, 0.717) is 5.56 Å². The second-order valence-corrected chi connectivity index (χ2v) is 5.56. The Kier molecular flexibility index (Phi) is 4.20. The Labute approximate surface area is 124 Å². The summed E-state index contributed by atoms with van der Waals surface area (Å²) in [6, 6.07) is 8.32. The van der Waals surface area contributed by atoms with Crippen LogP contribution in [0, 0.1) is 29.1 Å². The van der Waals surface area contributed by atoms with Gasteiger partial charge >= 0.3 is 0 Å². The van der Waals surface area contributed by atoms with Crippen LogP contribution in [0.15, 0.2) is 30.3 Å². The molecule has 4 heteroatoms. The van der Waals surface area contributed by atoms with Crippen LogP contribution in [0.25, 0.3) is 0 Å². The van der Waals surface area contributed by atoms with Gasteiger partial charge in [-0.2, -0.15) is 0 Å². The molecule has 0 radical (unpaired) electrons. The molecule has 19 heavy (non-hydrogen) atoms. The van der Waals surface area contributed by atoms with Crippen LogP contribution in [0.5, 0.6) is 0 Å². The van der Waals surface area contributed by atoms with E-state index in [1.54, 1.807) is 12.1 Å². The first kappa shape index (κ1) is 14.4. The molecule has 2 rings (SSSR count). The standard InChI is InChI=1S/C15H13F2IO/c1-8-6-7-10(13(17)12(8)16)15(19)11-5-3-4-9(2)14(11)18/h3-7,15,19H,1-2H3. The van der Waals surface area contributed by atoms with E-state index < -0.39 is 17.7 Å². The fourth-order valence-electron chi connectivity index (χ4n) is 1.92. The highest BCUT2D eigenvalue weighted by Crippen LogP contribution is 2.30. The van der Waals surface area contributed by atoms with Crippen molar-refractivity contribution in [3.8, 4) is 0 Å². The lowest BCUT2D eigenvalue weighted by atomic mass is 9.98. The topological polar surface area (TPSA) is 20.2 Å². The van der Waals surface area contributed by atoms with Crippen LogP contribution in [-0.2, 0) is 0 Å². The van der Waals surface area contributed by atoms with Gasteiger partial charge in [-0.25, -0.2) is 8.78 Å². The number of benzene rings is 2. The maximum atomic E-state index is 13.9. The monoisotopic (exact) mass is 374 g/mol. The molecule has 0 bridgehead atoms. The minimum absolute atomic E-state index is 0.0355. The molecule has 1 N–H and O–H groups in total. The summed E-state index contributed by atoms with van der Waals surface area (Å²) in [4.78, 5) is 0. The minimum atomic E-state index is -1.16. The van der Waals surface area contributed by atoms with Crippen molar-refractivity contribution in [2.45, 2.75) is 20.0 Å². The first-order chi connectivity index (χ1) is 8.93. The molecule has 0 heterocycles. The van der Waals surface area contributed by atoms with Crippen LogP contribution < -0.4 is 0 Å².